The van der Waals surface area contributed by atoms with E-state index < -0.39 is 9.84 Å². The van der Waals surface area contributed by atoms with E-state index in [1.54, 1.807) is 31.2 Å². The second kappa shape index (κ2) is 7.18. The molecule has 0 N–H and O–H groups in total. The Balaban J connectivity index is 1.99. The smallest absolute Gasteiger partial charge is 0.179 e. The fourth-order valence-electron chi connectivity index (χ4n) is 2.60. The predicted molar refractivity (Wildman–Crippen MR) is 83.4 cm³/mol. The van der Waals surface area contributed by atoms with Crippen molar-refractivity contribution in [1.82, 2.24) is 4.90 Å². The van der Waals surface area contributed by atoms with Gasteiger partial charge in [-0.15, -0.1) is 0 Å². The van der Waals surface area contributed by atoms with E-state index in [0.29, 0.717) is 23.4 Å². The van der Waals surface area contributed by atoms with Crippen LogP contribution in [0.1, 0.15) is 43.0 Å². The van der Waals surface area contributed by atoms with Gasteiger partial charge in [0.2, 0.25) is 0 Å². The van der Waals surface area contributed by atoms with E-state index in [2.05, 4.69) is 4.90 Å². The first-order valence-electron chi connectivity index (χ1n) is 7.61. The van der Waals surface area contributed by atoms with Gasteiger partial charge in [-0.3, -0.25) is 4.79 Å². The van der Waals surface area contributed by atoms with Gasteiger partial charge in [0, 0.05) is 18.5 Å². The highest BCUT2D eigenvalue weighted by molar-refractivity contribution is 7.91. The first-order chi connectivity index (χ1) is 10.0. The lowest BCUT2D eigenvalue weighted by molar-refractivity contribution is 0.0988. The van der Waals surface area contributed by atoms with Crippen LogP contribution in [0.3, 0.4) is 0 Å². The molecule has 21 heavy (non-hydrogen) atoms. The summed E-state index contributed by atoms with van der Waals surface area (Å²) in [6.07, 6.45) is 4.00. The maximum absolute atomic E-state index is 12.3. The van der Waals surface area contributed by atoms with Crippen molar-refractivity contribution in [2.24, 2.45) is 0 Å². The van der Waals surface area contributed by atoms with Gasteiger partial charge in [0.15, 0.2) is 15.6 Å². The lowest BCUT2D eigenvalue weighted by Gasteiger charge is -2.26. The quantitative estimate of drug-likeness (QED) is 0.758. The van der Waals surface area contributed by atoms with Gasteiger partial charge in [0.1, 0.15) is 0 Å². The second-order valence-corrected chi connectivity index (χ2v) is 7.63. The van der Waals surface area contributed by atoms with Crippen molar-refractivity contribution in [2.45, 2.75) is 37.5 Å². The Bertz CT molecular complexity index is 572. The molecule has 116 valence electrons. The van der Waals surface area contributed by atoms with Crippen LogP contribution in [0.15, 0.2) is 29.2 Å². The molecule has 0 aliphatic carbocycles. The van der Waals surface area contributed by atoms with Crippen molar-refractivity contribution < 1.29 is 13.2 Å². The minimum atomic E-state index is -3.26. The van der Waals surface area contributed by atoms with Crippen LogP contribution in [0.5, 0.6) is 0 Å². The van der Waals surface area contributed by atoms with Crippen LogP contribution in [-0.2, 0) is 9.84 Å². The van der Waals surface area contributed by atoms with Crippen LogP contribution in [0.25, 0.3) is 0 Å². The number of nitrogens with zero attached hydrogens (tertiary/aromatic N) is 1. The molecule has 0 unspecified atom stereocenters. The Hall–Kier alpha value is -1.20. The molecule has 4 nitrogen and oxygen atoms in total. The van der Waals surface area contributed by atoms with Crippen LogP contribution in [-0.4, -0.2) is 44.5 Å². The van der Waals surface area contributed by atoms with Gasteiger partial charge < -0.3 is 4.90 Å². The zero-order valence-corrected chi connectivity index (χ0v) is 13.4. The Morgan fingerprint density at radius 3 is 2.29 bits per heavy atom. The van der Waals surface area contributed by atoms with Crippen LogP contribution in [0, 0.1) is 0 Å². The molecule has 1 aromatic carbocycles. The maximum Gasteiger partial charge on any atom is 0.179 e. The fourth-order valence-corrected chi connectivity index (χ4v) is 3.89. The number of ketones is 1. The number of hydrogen-bond acceptors (Lipinski definition) is 4. The number of hydrogen-bond donors (Lipinski definition) is 0. The molecule has 0 atom stereocenters. The zero-order chi connectivity index (χ0) is 15.3. The van der Waals surface area contributed by atoms with Gasteiger partial charge >= 0.3 is 0 Å². The van der Waals surface area contributed by atoms with Crippen molar-refractivity contribution in [3.63, 3.8) is 0 Å². The molecule has 2 rings (SSSR count). The summed E-state index contributed by atoms with van der Waals surface area (Å²) in [4.78, 5) is 14.1. The summed E-state index contributed by atoms with van der Waals surface area (Å²) in [5.74, 6) is 0.181. The molecule has 1 fully saturated rings. The fraction of sp³-hybridized carbons (Fsp3) is 0.562. The van der Waals surface area contributed by atoms with Crippen molar-refractivity contribution in [2.75, 3.05) is 25.4 Å². The van der Waals surface area contributed by atoms with Gasteiger partial charge in [-0.05, 0) is 38.1 Å². The summed E-state index contributed by atoms with van der Waals surface area (Å²) in [6, 6.07) is 6.32. The topological polar surface area (TPSA) is 54.5 Å². The Morgan fingerprint density at radius 2 is 1.71 bits per heavy atom. The van der Waals surface area contributed by atoms with E-state index in [1.807, 2.05) is 0 Å². The number of carbonyl (C=O) groups is 1. The first-order valence-corrected chi connectivity index (χ1v) is 9.26. The number of sulfone groups is 1. The highest BCUT2D eigenvalue weighted by Crippen LogP contribution is 2.15. The molecule has 1 aromatic rings. The van der Waals surface area contributed by atoms with E-state index in [-0.39, 0.29) is 11.5 Å². The first kappa shape index (κ1) is 16.2. The molecule has 0 spiro atoms. The number of Topliss-reactive ketones (excluding diaryl/α,β-unsaturated/α-hetero) is 1. The average Bonchev–Trinajstić information content (AvgIpc) is 2.53. The number of likely N-dealkylation sites (tertiary alicyclic amines) is 1. The van der Waals surface area contributed by atoms with Crippen LogP contribution in [0.4, 0.5) is 0 Å². The Labute approximate surface area is 127 Å². The summed E-state index contributed by atoms with van der Waals surface area (Å²) >= 11 is 0. The third-order valence-corrected chi connectivity index (χ3v) is 5.69. The van der Waals surface area contributed by atoms with Gasteiger partial charge in [0.05, 0.1) is 10.6 Å². The molecule has 0 aromatic heterocycles. The van der Waals surface area contributed by atoms with Crippen molar-refractivity contribution in [3.8, 4) is 0 Å². The zero-order valence-electron chi connectivity index (χ0n) is 12.5. The highest BCUT2D eigenvalue weighted by atomic mass is 32.2. The largest absolute Gasteiger partial charge is 0.302 e. The number of benzene rings is 1. The molecule has 0 radical (unpaired) electrons. The summed E-state index contributed by atoms with van der Waals surface area (Å²) < 4.78 is 24.6. The van der Waals surface area contributed by atoms with Crippen molar-refractivity contribution in [3.05, 3.63) is 29.8 Å². The van der Waals surface area contributed by atoms with Gasteiger partial charge in [-0.2, -0.15) is 0 Å². The maximum atomic E-state index is 12.3. The molecule has 5 heteroatoms. The van der Waals surface area contributed by atoms with Crippen molar-refractivity contribution >= 4 is 15.6 Å². The lowest BCUT2D eigenvalue weighted by atomic mass is 10.1. The van der Waals surface area contributed by atoms with E-state index >= 15 is 0 Å². The molecular formula is C16H23NO3S. The van der Waals surface area contributed by atoms with Gasteiger partial charge in [-0.1, -0.05) is 25.5 Å². The molecule has 1 heterocycles. The summed E-state index contributed by atoms with van der Waals surface area (Å²) in [6.45, 7) is 4.39. The van der Waals surface area contributed by atoms with Crippen molar-refractivity contribution in [1.29, 1.82) is 0 Å². The number of piperidine rings is 1. The third-order valence-electron chi connectivity index (χ3n) is 3.98. The molecule has 0 bridgehead atoms. The molecule has 0 saturated carbocycles. The van der Waals surface area contributed by atoms with Crippen LogP contribution >= 0.6 is 0 Å². The van der Waals surface area contributed by atoms with Gasteiger partial charge in [-0.25, -0.2) is 8.42 Å². The van der Waals surface area contributed by atoms with E-state index in [1.165, 1.54) is 6.42 Å². The third kappa shape index (κ3) is 4.38. The Kier molecular flexibility index (Phi) is 5.53. The van der Waals surface area contributed by atoms with Crippen LogP contribution in [0.2, 0.25) is 0 Å². The van der Waals surface area contributed by atoms with E-state index in [0.717, 1.165) is 25.9 Å². The van der Waals surface area contributed by atoms with Gasteiger partial charge in [0.25, 0.3) is 0 Å². The monoisotopic (exact) mass is 309 g/mol. The number of rotatable bonds is 6. The minimum absolute atomic E-state index is 0.0345. The normalized spacial score (nSPS) is 16.8. The second-order valence-electron chi connectivity index (χ2n) is 5.52. The standard InChI is InChI=1S/C16H23NO3S/c1-2-16(18)14-6-8-15(9-7-14)21(19,20)13-12-17-10-4-3-5-11-17/h6-9H,2-5,10-13H2,1H3. The molecular weight excluding hydrogens is 286 g/mol. The molecule has 1 aliphatic rings. The van der Waals surface area contributed by atoms with E-state index in [4.69, 9.17) is 0 Å². The summed E-state index contributed by atoms with van der Waals surface area (Å²) in [5.41, 5.74) is 0.576. The predicted octanol–water partition coefficient (Wildman–Crippen LogP) is 2.54. The average molecular weight is 309 g/mol. The molecule has 0 amide bonds. The molecule has 1 aliphatic heterocycles. The SMILES string of the molecule is CCC(=O)c1ccc(S(=O)(=O)CCN2CCCCC2)cc1. The number of carbonyl (C=O) groups excluding carboxylic acids is 1. The Morgan fingerprint density at radius 1 is 1.10 bits per heavy atom. The minimum Gasteiger partial charge on any atom is -0.302 e. The van der Waals surface area contributed by atoms with E-state index in [9.17, 15) is 13.2 Å². The van der Waals surface area contributed by atoms with Crippen LogP contribution < -0.4 is 0 Å². The highest BCUT2D eigenvalue weighted by Gasteiger charge is 2.18. The summed E-state index contributed by atoms with van der Waals surface area (Å²) in [5, 5.41) is 0. The summed E-state index contributed by atoms with van der Waals surface area (Å²) in [7, 11) is -3.26. The molecule has 1 saturated heterocycles. The lowest BCUT2D eigenvalue weighted by Crippen LogP contribution is -2.33.